The summed E-state index contributed by atoms with van der Waals surface area (Å²) in [4.78, 5) is 15.4. The number of phenols is 1. The second-order valence-electron chi connectivity index (χ2n) is 6.51. The second kappa shape index (κ2) is 7.72. The smallest absolute Gasteiger partial charge is 0.266 e. The molecule has 3 N–H and O–H groups in total. The van der Waals surface area contributed by atoms with Gasteiger partial charge in [0.25, 0.3) is 5.56 Å². The number of phenolic OH excluding ortho intramolecular Hbond substituents is 1. The molecule has 0 saturated heterocycles. The molecule has 27 heavy (non-hydrogen) atoms. The van der Waals surface area contributed by atoms with Gasteiger partial charge in [0.15, 0.2) is 0 Å². The fraction of sp³-hybridized carbons (Fsp3) is 0.190. The van der Waals surface area contributed by atoms with E-state index in [1.807, 2.05) is 37.6 Å². The molecule has 0 amide bonds. The number of thiophene rings is 1. The van der Waals surface area contributed by atoms with Crippen LogP contribution in [0.2, 0.25) is 0 Å². The van der Waals surface area contributed by atoms with E-state index in [0.717, 1.165) is 45.9 Å². The number of H-pyrrole nitrogens is 1. The first-order chi connectivity index (χ1) is 12.6. The molecule has 140 valence electrons. The molecule has 0 radical (unpaired) electrons. The highest BCUT2D eigenvalue weighted by molar-refractivity contribution is 7.17. The Morgan fingerprint density at radius 1 is 1.19 bits per heavy atom. The first-order valence-corrected chi connectivity index (χ1v) is 9.48. The third kappa shape index (κ3) is 3.34. The molecule has 0 unspecified atom stereocenters. The molecular weight excluding hydrogens is 380 g/mol. The highest BCUT2D eigenvalue weighted by Crippen LogP contribution is 2.41. The fourth-order valence-electron chi connectivity index (χ4n) is 3.48. The number of aromatic amines is 1. The Hall–Kier alpha value is -2.34. The minimum Gasteiger partial charge on any atom is -0.507 e. The number of likely N-dealkylation sites (N-methyl/N-ethyl adjacent to an activating group) is 1. The SMILES string of the molecule is CNCCc1ccc(-c2c(O)cc(C)c3[nH]c(=O)c4sccc4c23)cc1.Cl. The van der Waals surface area contributed by atoms with Crippen LogP contribution >= 0.6 is 23.7 Å². The number of aryl methyl sites for hydroxylation is 1. The van der Waals surface area contributed by atoms with E-state index in [9.17, 15) is 9.90 Å². The van der Waals surface area contributed by atoms with Crippen LogP contribution in [-0.2, 0) is 6.42 Å². The van der Waals surface area contributed by atoms with Crippen molar-refractivity contribution in [3.8, 4) is 16.9 Å². The number of fused-ring (bicyclic) bond motifs is 3. The van der Waals surface area contributed by atoms with Crippen LogP contribution in [0, 0.1) is 6.92 Å². The van der Waals surface area contributed by atoms with Crippen molar-refractivity contribution < 1.29 is 5.11 Å². The maximum absolute atomic E-state index is 12.4. The number of hydrogen-bond acceptors (Lipinski definition) is 4. The maximum atomic E-state index is 12.4. The summed E-state index contributed by atoms with van der Waals surface area (Å²) < 4.78 is 0.689. The average molecular weight is 401 g/mol. The summed E-state index contributed by atoms with van der Waals surface area (Å²) in [5.74, 6) is 0.234. The van der Waals surface area contributed by atoms with E-state index in [1.54, 1.807) is 6.07 Å². The van der Waals surface area contributed by atoms with Gasteiger partial charge in [-0.05, 0) is 61.1 Å². The van der Waals surface area contributed by atoms with Gasteiger partial charge in [0.1, 0.15) is 10.4 Å². The van der Waals surface area contributed by atoms with E-state index in [1.165, 1.54) is 16.9 Å². The fourth-order valence-corrected chi connectivity index (χ4v) is 4.28. The molecule has 2 aromatic carbocycles. The van der Waals surface area contributed by atoms with E-state index >= 15 is 0 Å². The minimum atomic E-state index is -0.0790. The zero-order valence-electron chi connectivity index (χ0n) is 15.1. The quantitative estimate of drug-likeness (QED) is 0.468. The van der Waals surface area contributed by atoms with Gasteiger partial charge in [-0.1, -0.05) is 24.3 Å². The molecule has 0 aliphatic heterocycles. The number of hydrogen-bond donors (Lipinski definition) is 3. The summed E-state index contributed by atoms with van der Waals surface area (Å²) in [6.07, 6.45) is 0.958. The average Bonchev–Trinajstić information content (AvgIpc) is 3.12. The first-order valence-electron chi connectivity index (χ1n) is 8.60. The monoisotopic (exact) mass is 400 g/mol. The van der Waals surface area contributed by atoms with Crippen molar-refractivity contribution in [2.45, 2.75) is 13.3 Å². The summed E-state index contributed by atoms with van der Waals surface area (Å²) in [6.45, 7) is 2.83. The van der Waals surface area contributed by atoms with Gasteiger partial charge < -0.3 is 15.4 Å². The summed E-state index contributed by atoms with van der Waals surface area (Å²) in [6, 6.07) is 11.9. The molecule has 0 saturated carbocycles. The van der Waals surface area contributed by atoms with Crippen LogP contribution in [-0.4, -0.2) is 23.7 Å². The number of nitrogens with one attached hydrogen (secondary N) is 2. The van der Waals surface area contributed by atoms with Crippen LogP contribution in [0.5, 0.6) is 5.75 Å². The van der Waals surface area contributed by atoms with Crippen molar-refractivity contribution in [3.05, 3.63) is 63.3 Å². The Morgan fingerprint density at radius 2 is 1.93 bits per heavy atom. The van der Waals surface area contributed by atoms with Gasteiger partial charge in [-0.15, -0.1) is 23.7 Å². The lowest BCUT2D eigenvalue weighted by atomic mass is 9.94. The first kappa shape index (κ1) is 19.4. The molecule has 0 spiro atoms. The zero-order valence-corrected chi connectivity index (χ0v) is 16.8. The van der Waals surface area contributed by atoms with Crippen molar-refractivity contribution in [3.63, 3.8) is 0 Å². The summed E-state index contributed by atoms with van der Waals surface area (Å²) in [5.41, 5.74) is 4.52. The lowest BCUT2D eigenvalue weighted by molar-refractivity contribution is 0.477. The highest BCUT2D eigenvalue weighted by atomic mass is 35.5. The molecule has 0 fully saturated rings. The Kier molecular flexibility index (Phi) is 5.56. The van der Waals surface area contributed by atoms with Crippen LogP contribution in [0.4, 0.5) is 0 Å². The number of halogens is 1. The Bertz CT molecular complexity index is 1160. The molecule has 0 bridgehead atoms. The van der Waals surface area contributed by atoms with Gasteiger partial charge >= 0.3 is 0 Å². The molecule has 2 aromatic heterocycles. The predicted molar refractivity (Wildman–Crippen MR) is 117 cm³/mol. The number of pyridine rings is 1. The standard InChI is InChI=1S/C21H20N2O2S.ClH/c1-12-11-16(24)17(14-5-3-13(4-6-14)7-9-22-2)18-15-8-10-26-20(15)21(25)23-19(12)18;/h3-6,8,10-11,22,24H,7,9H2,1-2H3,(H,23,25);1H. The molecule has 4 aromatic rings. The Labute approximate surface area is 167 Å². The summed E-state index contributed by atoms with van der Waals surface area (Å²) in [5, 5.41) is 17.6. The van der Waals surface area contributed by atoms with E-state index in [4.69, 9.17) is 0 Å². The van der Waals surface area contributed by atoms with Crippen LogP contribution < -0.4 is 10.9 Å². The summed E-state index contributed by atoms with van der Waals surface area (Å²) >= 11 is 1.42. The van der Waals surface area contributed by atoms with Gasteiger partial charge in [-0.3, -0.25) is 4.79 Å². The minimum absolute atomic E-state index is 0. The predicted octanol–water partition coefficient (Wildman–Crippen LogP) is 4.61. The lowest BCUT2D eigenvalue weighted by Gasteiger charge is -2.13. The lowest BCUT2D eigenvalue weighted by Crippen LogP contribution is -2.10. The Balaban J connectivity index is 0.00000210. The van der Waals surface area contributed by atoms with Gasteiger partial charge in [0, 0.05) is 16.3 Å². The largest absolute Gasteiger partial charge is 0.507 e. The van der Waals surface area contributed by atoms with E-state index in [0.29, 0.717) is 4.70 Å². The van der Waals surface area contributed by atoms with Crippen LogP contribution in [0.1, 0.15) is 11.1 Å². The van der Waals surface area contributed by atoms with Gasteiger partial charge in [-0.2, -0.15) is 0 Å². The topological polar surface area (TPSA) is 65.1 Å². The maximum Gasteiger partial charge on any atom is 0.266 e. The van der Waals surface area contributed by atoms with Gasteiger partial charge in [0.2, 0.25) is 0 Å². The molecule has 4 nitrogen and oxygen atoms in total. The molecular formula is C21H21ClN2O2S. The molecule has 0 atom stereocenters. The number of aromatic hydroxyl groups is 1. The van der Waals surface area contributed by atoms with Crippen LogP contribution in [0.3, 0.4) is 0 Å². The van der Waals surface area contributed by atoms with E-state index < -0.39 is 0 Å². The third-order valence-corrected chi connectivity index (χ3v) is 5.70. The molecule has 6 heteroatoms. The number of benzene rings is 2. The molecule has 0 aliphatic carbocycles. The van der Waals surface area contributed by atoms with E-state index in [-0.39, 0.29) is 23.7 Å². The van der Waals surface area contributed by atoms with E-state index in [2.05, 4.69) is 22.4 Å². The van der Waals surface area contributed by atoms with Crippen molar-refractivity contribution in [1.82, 2.24) is 10.3 Å². The Morgan fingerprint density at radius 3 is 2.63 bits per heavy atom. The number of rotatable bonds is 4. The third-order valence-electron chi connectivity index (χ3n) is 4.79. The van der Waals surface area contributed by atoms with Crippen molar-refractivity contribution in [1.29, 1.82) is 0 Å². The van der Waals surface area contributed by atoms with Crippen molar-refractivity contribution >= 4 is 44.7 Å². The van der Waals surface area contributed by atoms with Crippen LogP contribution in [0.15, 0.2) is 46.6 Å². The molecule has 0 aliphatic rings. The van der Waals surface area contributed by atoms with Crippen molar-refractivity contribution in [2.75, 3.05) is 13.6 Å². The second-order valence-corrected chi connectivity index (χ2v) is 7.42. The zero-order chi connectivity index (χ0) is 18.3. The molecule has 2 heterocycles. The van der Waals surface area contributed by atoms with Gasteiger partial charge in [-0.25, -0.2) is 0 Å². The normalized spacial score (nSPS) is 11.0. The number of aromatic nitrogens is 1. The van der Waals surface area contributed by atoms with Gasteiger partial charge in [0.05, 0.1) is 5.52 Å². The van der Waals surface area contributed by atoms with Crippen LogP contribution in [0.25, 0.3) is 32.1 Å². The summed E-state index contributed by atoms with van der Waals surface area (Å²) in [7, 11) is 1.94. The van der Waals surface area contributed by atoms with Crippen molar-refractivity contribution in [2.24, 2.45) is 0 Å². The highest BCUT2D eigenvalue weighted by Gasteiger charge is 2.17. The molecule has 4 rings (SSSR count).